The van der Waals surface area contributed by atoms with Crippen LogP contribution in [-0.4, -0.2) is 38.4 Å². The van der Waals surface area contributed by atoms with Crippen LogP contribution in [0.5, 0.6) is 11.5 Å². The zero-order valence-electron chi connectivity index (χ0n) is 14.4. The average Bonchev–Trinajstić information content (AvgIpc) is 2.57. The van der Waals surface area contributed by atoms with Crippen molar-refractivity contribution in [3.8, 4) is 11.5 Å². The maximum atomic E-state index is 11.3. The first-order chi connectivity index (χ1) is 11.5. The van der Waals surface area contributed by atoms with Crippen LogP contribution in [-0.2, 0) is 16.0 Å². The molecule has 0 atom stereocenters. The zero-order chi connectivity index (χ0) is 18.1. The van der Waals surface area contributed by atoms with Gasteiger partial charge in [0.05, 0.1) is 32.6 Å². The number of carbonyl (C=O) groups is 2. The summed E-state index contributed by atoms with van der Waals surface area (Å²) < 4.78 is 15.2. The first-order valence-electron chi connectivity index (χ1n) is 7.79. The van der Waals surface area contributed by atoms with Gasteiger partial charge < -0.3 is 25.1 Å². The third kappa shape index (κ3) is 5.04. The molecule has 0 saturated heterocycles. The minimum absolute atomic E-state index is 0.00772. The van der Waals surface area contributed by atoms with Gasteiger partial charge in [-0.05, 0) is 19.3 Å². The Hall–Kier alpha value is -2.44. The topological polar surface area (TPSA) is 108 Å². The molecule has 0 aliphatic heterocycles. The van der Waals surface area contributed by atoms with Gasteiger partial charge in [-0.2, -0.15) is 0 Å². The Morgan fingerprint density at radius 1 is 1.08 bits per heavy atom. The summed E-state index contributed by atoms with van der Waals surface area (Å²) in [7, 11) is 4.33. The molecule has 0 spiro atoms. The molecule has 0 fully saturated rings. The van der Waals surface area contributed by atoms with Crippen molar-refractivity contribution in [2.45, 2.75) is 38.5 Å². The van der Waals surface area contributed by atoms with E-state index in [0.717, 1.165) is 25.7 Å². The van der Waals surface area contributed by atoms with Gasteiger partial charge in [-0.15, -0.1) is 0 Å². The molecule has 3 N–H and O–H groups in total. The van der Waals surface area contributed by atoms with E-state index >= 15 is 0 Å². The summed E-state index contributed by atoms with van der Waals surface area (Å²) in [6.45, 7) is 0. The van der Waals surface area contributed by atoms with Crippen molar-refractivity contribution in [3.05, 3.63) is 17.2 Å². The van der Waals surface area contributed by atoms with Gasteiger partial charge >= 0.3 is 11.9 Å². The number of carbonyl (C=O) groups excluding carboxylic acids is 1. The maximum Gasteiger partial charge on any atom is 0.337 e. The molecule has 0 bridgehead atoms. The minimum Gasteiger partial charge on any atom is -0.493 e. The zero-order valence-corrected chi connectivity index (χ0v) is 14.4. The van der Waals surface area contributed by atoms with Crippen LogP contribution in [0.4, 0.5) is 5.69 Å². The van der Waals surface area contributed by atoms with E-state index in [0.29, 0.717) is 29.9 Å². The second-order valence-corrected chi connectivity index (χ2v) is 5.35. The molecule has 7 nitrogen and oxygen atoms in total. The molecular weight excluding hydrogens is 314 g/mol. The fourth-order valence-electron chi connectivity index (χ4n) is 2.54. The van der Waals surface area contributed by atoms with Gasteiger partial charge in [0, 0.05) is 18.1 Å². The van der Waals surface area contributed by atoms with Gasteiger partial charge in [-0.1, -0.05) is 12.8 Å². The Bertz CT molecular complexity index is 585. The fraction of sp³-hybridized carbons (Fsp3) is 0.529. The molecule has 7 heteroatoms. The van der Waals surface area contributed by atoms with Crippen molar-refractivity contribution in [1.29, 1.82) is 0 Å². The molecule has 0 aliphatic carbocycles. The van der Waals surface area contributed by atoms with Crippen LogP contribution < -0.4 is 15.2 Å². The molecule has 1 aromatic carbocycles. The second-order valence-electron chi connectivity index (χ2n) is 5.35. The predicted molar refractivity (Wildman–Crippen MR) is 89.7 cm³/mol. The Labute approximate surface area is 141 Å². The number of hydrogen-bond donors (Lipinski definition) is 2. The lowest BCUT2D eigenvalue weighted by molar-refractivity contribution is -0.140. The summed E-state index contributed by atoms with van der Waals surface area (Å²) in [5.74, 6) is -0.494. The van der Waals surface area contributed by atoms with Crippen LogP contribution >= 0.6 is 0 Å². The lowest BCUT2D eigenvalue weighted by Crippen LogP contribution is -2.09. The van der Waals surface area contributed by atoms with Crippen LogP contribution in [0.15, 0.2) is 6.07 Å². The van der Waals surface area contributed by atoms with Gasteiger partial charge in [0.25, 0.3) is 0 Å². The molecule has 0 aromatic heterocycles. The first kappa shape index (κ1) is 19.6. The van der Waals surface area contributed by atoms with Crippen molar-refractivity contribution in [1.82, 2.24) is 0 Å². The second kappa shape index (κ2) is 9.64. The highest BCUT2D eigenvalue weighted by atomic mass is 16.5. The SMILES string of the molecule is COC(=O)CCCCCCc1c(N)c(C(=O)O)cc(OC)c1OC. The Kier molecular flexibility index (Phi) is 7.88. The van der Waals surface area contributed by atoms with E-state index in [-0.39, 0.29) is 17.2 Å². The normalized spacial score (nSPS) is 10.3. The van der Waals surface area contributed by atoms with Crippen molar-refractivity contribution >= 4 is 17.6 Å². The van der Waals surface area contributed by atoms with Gasteiger partial charge in [0.2, 0.25) is 0 Å². The number of hydrogen-bond acceptors (Lipinski definition) is 6. The summed E-state index contributed by atoms with van der Waals surface area (Å²) in [5, 5.41) is 9.27. The Morgan fingerprint density at radius 3 is 2.29 bits per heavy atom. The number of rotatable bonds is 10. The molecule has 1 aromatic rings. The van der Waals surface area contributed by atoms with E-state index in [2.05, 4.69) is 4.74 Å². The lowest BCUT2D eigenvalue weighted by atomic mass is 9.99. The van der Waals surface area contributed by atoms with Crippen LogP contribution in [0.2, 0.25) is 0 Å². The molecule has 0 unspecified atom stereocenters. The number of ether oxygens (including phenoxy) is 3. The summed E-state index contributed by atoms with van der Waals surface area (Å²) in [4.78, 5) is 22.4. The Morgan fingerprint density at radius 2 is 1.75 bits per heavy atom. The van der Waals surface area contributed by atoms with Gasteiger partial charge in [-0.3, -0.25) is 4.79 Å². The summed E-state index contributed by atoms with van der Waals surface area (Å²) in [6, 6.07) is 1.37. The number of aromatic carboxylic acids is 1. The number of carboxylic acids is 1. The first-order valence-corrected chi connectivity index (χ1v) is 7.79. The molecule has 0 heterocycles. The van der Waals surface area contributed by atoms with Crippen molar-refractivity contribution in [2.75, 3.05) is 27.1 Å². The van der Waals surface area contributed by atoms with Gasteiger partial charge in [0.15, 0.2) is 11.5 Å². The predicted octanol–water partition coefficient (Wildman–Crippen LogP) is 2.65. The van der Waals surface area contributed by atoms with Gasteiger partial charge in [0.1, 0.15) is 0 Å². The quantitative estimate of drug-likeness (QED) is 0.383. The van der Waals surface area contributed by atoms with E-state index in [1.165, 1.54) is 27.4 Å². The number of methoxy groups -OCH3 is 3. The third-order valence-corrected chi connectivity index (χ3v) is 3.83. The van der Waals surface area contributed by atoms with Crippen LogP contribution in [0, 0.1) is 0 Å². The molecule has 1 rings (SSSR count). The van der Waals surface area contributed by atoms with E-state index in [9.17, 15) is 14.7 Å². The molecule has 24 heavy (non-hydrogen) atoms. The van der Waals surface area contributed by atoms with Crippen molar-refractivity contribution in [3.63, 3.8) is 0 Å². The van der Waals surface area contributed by atoms with E-state index in [1.807, 2.05) is 0 Å². The largest absolute Gasteiger partial charge is 0.493 e. The standard InChI is InChI=1S/C17H25NO6/c1-22-13-10-12(17(20)21)15(18)11(16(13)24-3)8-6-4-5-7-9-14(19)23-2/h10H,4-9,18H2,1-3H3,(H,20,21). The monoisotopic (exact) mass is 339 g/mol. The number of unbranched alkanes of at least 4 members (excludes halogenated alkanes) is 3. The number of nitrogens with two attached hydrogens (primary N) is 1. The van der Waals surface area contributed by atoms with Crippen molar-refractivity contribution < 1.29 is 28.9 Å². The average molecular weight is 339 g/mol. The van der Waals surface area contributed by atoms with Crippen LogP contribution in [0.3, 0.4) is 0 Å². The highest BCUT2D eigenvalue weighted by Gasteiger charge is 2.20. The van der Waals surface area contributed by atoms with E-state index < -0.39 is 5.97 Å². The van der Waals surface area contributed by atoms with Crippen LogP contribution in [0.1, 0.15) is 48.0 Å². The lowest BCUT2D eigenvalue weighted by Gasteiger charge is -2.17. The fourth-order valence-corrected chi connectivity index (χ4v) is 2.54. The number of anilines is 1. The number of carboxylic acid groups (broad SMARTS) is 1. The highest BCUT2D eigenvalue weighted by molar-refractivity contribution is 5.96. The molecule has 0 radical (unpaired) electrons. The third-order valence-electron chi connectivity index (χ3n) is 3.83. The Balaban J connectivity index is 2.77. The molecular formula is C17H25NO6. The molecule has 0 saturated carbocycles. The van der Waals surface area contributed by atoms with E-state index in [4.69, 9.17) is 15.2 Å². The number of esters is 1. The molecule has 134 valence electrons. The van der Waals surface area contributed by atoms with Crippen LogP contribution in [0.25, 0.3) is 0 Å². The van der Waals surface area contributed by atoms with E-state index in [1.54, 1.807) is 0 Å². The summed E-state index contributed by atoms with van der Waals surface area (Å²) in [5.41, 5.74) is 6.86. The highest BCUT2D eigenvalue weighted by Crippen LogP contribution is 2.38. The molecule has 0 aliphatic rings. The summed E-state index contributed by atoms with van der Waals surface area (Å²) in [6.07, 6.45) is 4.31. The van der Waals surface area contributed by atoms with Crippen molar-refractivity contribution in [2.24, 2.45) is 0 Å². The van der Waals surface area contributed by atoms with Gasteiger partial charge in [-0.25, -0.2) is 4.79 Å². The number of benzene rings is 1. The molecule has 0 amide bonds. The smallest absolute Gasteiger partial charge is 0.337 e. The maximum absolute atomic E-state index is 11.3. The minimum atomic E-state index is -1.10. The summed E-state index contributed by atoms with van der Waals surface area (Å²) >= 11 is 0. The number of nitrogen functional groups attached to an aromatic ring is 1.